The third-order valence-corrected chi connectivity index (χ3v) is 3.44. The molecule has 4 heteroatoms. The summed E-state index contributed by atoms with van der Waals surface area (Å²) in [6, 6.07) is 3.47. The molecule has 0 radical (unpaired) electrons. The number of hydrogen-bond donors (Lipinski definition) is 2. The lowest BCUT2D eigenvalue weighted by atomic mass is 10.1. The largest absolute Gasteiger partial charge is 0.508 e. The van der Waals surface area contributed by atoms with Crippen molar-refractivity contribution in [2.75, 3.05) is 0 Å². The van der Waals surface area contributed by atoms with E-state index in [2.05, 4.69) is 15.9 Å². The summed E-state index contributed by atoms with van der Waals surface area (Å²) in [6.07, 6.45) is 0. The second-order valence-corrected chi connectivity index (χ2v) is 4.20. The highest BCUT2D eigenvalue weighted by Crippen LogP contribution is 2.36. The molecule has 1 aromatic carbocycles. The van der Waals surface area contributed by atoms with Crippen molar-refractivity contribution in [2.45, 2.75) is 5.33 Å². The minimum atomic E-state index is 0.270. The number of alkyl halides is 1. The van der Waals surface area contributed by atoms with E-state index in [0.717, 1.165) is 15.6 Å². The number of halogens is 1. The maximum absolute atomic E-state index is 9.51. The molecule has 0 fully saturated rings. The standard InChI is InChI=1S/C9H7BrO2S/c10-3-5-1-6-8(12)4-13-9(6)2-7(5)11/h1-2,4,11-12H,3H2. The smallest absolute Gasteiger partial charge is 0.134 e. The van der Waals surface area contributed by atoms with Crippen LogP contribution in [0, 0.1) is 0 Å². The van der Waals surface area contributed by atoms with Crippen LogP contribution in [-0.4, -0.2) is 10.2 Å². The van der Waals surface area contributed by atoms with E-state index in [9.17, 15) is 10.2 Å². The summed E-state index contributed by atoms with van der Waals surface area (Å²) in [7, 11) is 0. The van der Waals surface area contributed by atoms with Crippen molar-refractivity contribution in [3.63, 3.8) is 0 Å². The summed E-state index contributed by atoms with van der Waals surface area (Å²) in [5.41, 5.74) is 0.793. The highest BCUT2D eigenvalue weighted by molar-refractivity contribution is 9.08. The Balaban J connectivity index is 2.77. The topological polar surface area (TPSA) is 40.5 Å². The Hall–Kier alpha value is -0.740. The van der Waals surface area contributed by atoms with Crippen LogP contribution in [0.3, 0.4) is 0 Å². The fourth-order valence-corrected chi connectivity index (χ4v) is 2.49. The van der Waals surface area contributed by atoms with Gasteiger partial charge in [-0.2, -0.15) is 0 Å². The van der Waals surface area contributed by atoms with Gasteiger partial charge in [0.1, 0.15) is 11.5 Å². The highest BCUT2D eigenvalue weighted by atomic mass is 79.9. The maximum atomic E-state index is 9.51. The molecule has 0 saturated heterocycles. The molecule has 0 bridgehead atoms. The average molecular weight is 259 g/mol. The molecule has 1 aromatic heterocycles. The molecule has 0 saturated carbocycles. The van der Waals surface area contributed by atoms with E-state index in [0.29, 0.717) is 5.33 Å². The van der Waals surface area contributed by atoms with Gasteiger partial charge >= 0.3 is 0 Å². The molecule has 0 spiro atoms. The molecule has 2 rings (SSSR count). The highest BCUT2D eigenvalue weighted by Gasteiger charge is 2.07. The summed E-state index contributed by atoms with van der Waals surface area (Å²) < 4.78 is 0.903. The van der Waals surface area contributed by atoms with Gasteiger partial charge in [0, 0.05) is 26.4 Å². The van der Waals surface area contributed by atoms with Gasteiger partial charge in [-0.3, -0.25) is 0 Å². The molecule has 2 N–H and O–H groups in total. The molecule has 0 amide bonds. The van der Waals surface area contributed by atoms with E-state index in [4.69, 9.17) is 0 Å². The molecular weight excluding hydrogens is 252 g/mol. The van der Waals surface area contributed by atoms with Crippen LogP contribution < -0.4 is 0 Å². The van der Waals surface area contributed by atoms with Gasteiger partial charge in [0.15, 0.2) is 0 Å². The molecule has 0 aliphatic carbocycles. The minimum absolute atomic E-state index is 0.270. The zero-order valence-electron chi connectivity index (χ0n) is 6.62. The van der Waals surface area contributed by atoms with Crippen molar-refractivity contribution >= 4 is 37.4 Å². The lowest BCUT2D eigenvalue weighted by Gasteiger charge is -2.00. The lowest BCUT2D eigenvalue weighted by molar-refractivity contribution is 0.471. The molecule has 0 unspecified atom stereocenters. The molecule has 2 nitrogen and oxygen atoms in total. The number of phenolic OH excluding ortho intramolecular Hbond substituents is 1. The summed E-state index contributed by atoms with van der Waals surface area (Å²) in [5.74, 6) is 0.549. The first-order chi connectivity index (χ1) is 6.22. The number of hydrogen-bond acceptors (Lipinski definition) is 3. The van der Waals surface area contributed by atoms with Gasteiger partial charge < -0.3 is 10.2 Å². The van der Waals surface area contributed by atoms with Gasteiger partial charge in [-0.25, -0.2) is 0 Å². The van der Waals surface area contributed by atoms with E-state index in [1.165, 1.54) is 11.3 Å². The lowest BCUT2D eigenvalue weighted by Crippen LogP contribution is -1.78. The van der Waals surface area contributed by atoms with Gasteiger partial charge in [-0.05, 0) is 12.1 Å². The van der Waals surface area contributed by atoms with Crippen molar-refractivity contribution < 1.29 is 10.2 Å². The molecule has 0 aliphatic rings. The summed E-state index contributed by atoms with van der Waals surface area (Å²) in [6.45, 7) is 0. The maximum Gasteiger partial charge on any atom is 0.134 e. The Morgan fingerprint density at radius 2 is 2.00 bits per heavy atom. The Kier molecular flexibility index (Phi) is 2.17. The minimum Gasteiger partial charge on any atom is -0.508 e. The van der Waals surface area contributed by atoms with Crippen molar-refractivity contribution in [3.05, 3.63) is 23.1 Å². The van der Waals surface area contributed by atoms with E-state index < -0.39 is 0 Å². The Bertz CT molecular complexity index is 450. The van der Waals surface area contributed by atoms with E-state index >= 15 is 0 Å². The third kappa shape index (κ3) is 1.40. The molecule has 1 heterocycles. The average Bonchev–Trinajstić information content (AvgIpc) is 2.46. The number of benzene rings is 1. The van der Waals surface area contributed by atoms with Gasteiger partial charge in [0.2, 0.25) is 0 Å². The number of rotatable bonds is 1. The Labute approximate surface area is 87.6 Å². The van der Waals surface area contributed by atoms with E-state index in [1.807, 2.05) is 0 Å². The number of phenols is 1. The van der Waals surface area contributed by atoms with Crippen LogP contribution in [0.1, 0.15) is 5.56 Å². The van der Waals surface area contributed by atoms with Crippen LogP contribution >= 0.6 is 27.3 Å². The van der Waals surface area contributed by atoms with Gasteiger partial charge in [0.05, 0.1) is 0 Å². The van der Waals surface area contributed by atoms with Crippen LogP contribution in [0.15, 0.2) is 17.5 Å². The predicted octanol–water partition coefficient (Wildman–Crippen LogP) is 3.21. The number of aromatic hydroxyl groups is 2. The van der Waals surface area contributed by atoms with Gasteiger partial charge in [-0.1, -0.05) is 15.9 Å². The zero-order chi connectivity index (χ0) is 9.42. The third-order valence-electron chi connectivity index (χ3n) is 1.90. The first kappa shape index (κ1) is 8.84. The summed E-state index contributed by atoms with van der Waals surface area (Å²) in [4.78, 5) is 0. The van der Waals surface area contributed by atoms with Crippen LogP contribution in [0.4, 0.5) is 0 Å². The molecule has 0 aliphatic heterocycles. The summed E-state index contributed by atoms with van der Waals surface area (Å²) in [5, 5.41) is 22.0. The van der Waals surface area contributed by atoms with Gasteiger partial charge in [0.25, 0.3) is 0 Å². The van der Waals surface area contributed by atoms with E-state index in [1.54, 1.807) is 17.5 Å². The van der Waals surface area contributed by atoms with Gasteiger partial charge in [-0.15, -0.1) is 11.3 Å². The predicted molar refractivity (Wildman–Crippen MR) is 57.8 cm³/mol. The van der Waals surface area contributed by atoms with Crippen LogP contribution in [0.5, 0.6) is 11.5 Å². The quantitative estimate of drug-likeness (QED) is 0.772. The first-order valence-corrected chi connectivity index (χ1v) is 5.70. The van der Waals surface area contributed by atoms with Crippen LogP contribution in [-0.2, 0) is 5.33 Å². The monoisotopic (exact) mass is 258 g/mol. The normalized spacial score (nSPS) is 10.8. The molecule has 13 heavy (non-hydrogen) atoms. The zero-order valence-corrected chi connectivity index (χ0v) is 9.02. The van der Waals surface area contributed by atoms with Crippen molar-refractivity contribution in [1.82, 2.24) is 0 Å². The Morgan fingerprint density at radius 1 is 1.23 bits per heavy atom. The summed E-state index contributed by atoms with van der Waals surface area (Å²) >= 11 is 4.69. The second-order valence-electron chi connectivity index (χ2n) is 2.73. The van der Waals surface area contributed by atoms with Crippen molar-refractivity contribution in [2.24, 2.45) is 0 Å². The van der Waals surface area contributed by atoms with Crippen LogP contribution in [0.25, 0.3) is 10.1 Å². The SMILES string of the molecule is Oc1cc2scc(O)c2cc1CBr. The Morgan fingerprint density at radius 3 is 2.69 bits per heavy atom. The first-order valence-electron chi connectivity index (χ1n) is 3.70. The van der Waals surface area contributed by atoms with Crippen molar-refractivity contribution in [1.29, 1.82) is 0 Å². The fraction of sp³-hybridized carbons (Fsp3) is 0.111. The number of thiophene rings is 1. The fourth-order valence-electron chi connectivity index (χ4n) is 1.20. The molecule has 0 atom stereocenters. The van der Waals surface area contributed by atoms with E-state index in [-0.39, 0.29) is 11.5 Å². The molecule has 2 aromatic rings. The molecule has 68 valence electrons. The van der Waals surface area contributed by atoms with Crippen LogP contribution in [0.2, 0.25) is 0 Å². The van der Waals surface area contributed by atoms with Crippen molar-refractivity contribution in [3.8, 4) is 11.5 Å². The number of fused-ring (bicyclic) bond motifs is 1. The molecular formula is C9H7BrO2S. The second kappa shape index (κ2) is 3.20.